The first-order chi connectivity index (χ1) is 8.61. The molecule has 2 rings (SSSR count). The van der Waals surface area contributed by atoms with Crippen LogP contribution in [0.1, 0.15) is 39.0 Å². The van der Waals surface area contributed by atoms with Crippen LogP contribution in [0.25, 0.3) is 0 Å². The molecule has 2 fully saturated rings. The Bertz CT molecular complexity index is 327. The van der Waals surface area contributed by atoms with Crippen LogP contribution in [-0.2, 0) is 14.3 Å². The molecule has 18 heavy (non-hydrogen) atoms. The number of likely N-dealkylation sites (N-methyl/N-ethyl adjacent to an activating group) is 1. The van der Waals surface area contributed by atoms with Crippen molar-refractivity contribution in [3.05, 3.63) is 0 Å². The molecule has 0 spiro atoms. The van der Waals surface area contributed by atoms with Crippen LogP contribution in [0.4, 0.5) is 0 Å². The van der Waals surface area contributed by atoms with Crippen LogP contribution in [-0.4, -0.2) is 47.2 Å². The highest BCUT2D eigenvalue weighted by Crippen LogP contribution is 2.28. The zero-order chi connectivity index (χ0) is 13.1. The summed E-state index contributed by atoms with van der Waals surface area (Å²) in [6.07, 6.45) is 3.27. The molecule has 5 heteroatoms. The van der Waals surface area contributed by atoms with Gasteiger partial charge in [0.15, 0.2) is 6.10 Å². The average molecular weight is 255 g/mol. The monoisotopic (exact) mass is 255 g/mol. The zero-order valence-corrected chi connectivity index (χ0v) is 10.8. The summed E-state index contributed by atoms with van der Waals surface area (Å²) < 4.78 is 5.31. The third-order valence-corrected chi connectivity index (χ3v) is 3.97. The summed E-state index contributed by atoms with van der Waals surface area (Å²) in [4.78, 5) is 24.8. The molecule has 1 saturated carbocycles. The molecule has 102 valence electrons. The minimum Gasteiger partial charge on any atom is -0.479 e. The Kier molecular flexibility index (Phi) is 4.22. The Hall–Kier alpha value is -1.10. The van der Waals surface area contributed by atoms with Gasteiger partial charge in [0.1, 0.15) is 6.10 Å². The van der Waals surface area contributed by atoms with Crippen molar-refractivity contribution < 1.29 is 19.4 Å². The van der Waals surface area contributed by atoms with Crippen LogP contribution >= 0.6 is 0 Å². The highest BCUT2D eigenvalue weighted by Gasteiger charge is 2.37. The summed E-state index contributed by atoms with van der Waals surface area (Å²) in [5, 5.41) is 8.85. The van der Waals surface area contributed by atoms with E-state index in [1.807, 2.05) is 11.8 Å². The van der Waals surface area contributed by atoms with E-state index in [1.165, 1.54) is 19.3 Å². The van der Waals surface area contributed by atoms with Crippen LogP contribution in [0.5, 0.6) is 0 Å². The normalized spacial score (nSPS) is 27.8. The molecular formula is C13H21NO4. The number of amides is 1. The first-order valence-corrected chi connectivity index (χ1v) is 6.79. The molecule has 2 atom stereocenters. The first-order valence-electron chi connectivity index (χ1n) is 6.79. The summed E-state index contributed by atoms with van der Waals surface area (Å²) in [7, 11) is 0. The largest absolute Gasteiger partial charge is 0.479 e. The molecule has 2 unspecified atom stereocenters. The van der Waals surface area contributed by atoms with Crippen molar-refractivity contribution in [1.29, 1.82) is 0 Å². The second-order valence-electron chi connectivity index (χ2n) is 5.20. The number of rotatable bonds is 5. The Morgan fingerprint density at radius 2 is 1.89 bits per heavy atom. The summed E-state index contributed by atoms with van der Waals surface area (Å²) in [6, 6.07) is 0. The lowest BCUT2D eigenvalue weighted by Gasteiger charge is -2.33. The topological polar surface area (TPSA) is 66.8 Å². The molecule has 0 radical (unpaired) electrons. The number of carbonyl (C=O) groups excluding carboxylic acids is 1. The molecule has 1 aliphatic carbocycles. The predicted molar refractivity (Wildman–Crippen MR) is 65.1 cm³/mol. The molecule has 5 nitrogen and oxygen atoms in total. The van der Waals surface area contributed by atoms with Crippen molar-refractivity contribution in [1.82, 2.24) is 4.90 Å². The Morgan fingerprint density at radius 3 is 2.33 bits per heavy atom. The maximum absolute atomic E-state index is 12.2. The lowest BCUT2D eigenvalue weighted by Crippen LogP contribution is -2.43. The number of carbonyl (C=O) groups is 2. The van der Waals surface area contributed by atoms with Crippen molar-refractivity contribution in [3.63, 3.8) is 0 Å². The van der Waals surface area contributed by atoms with E-state index in [4.69, 9.17) is 9.84 Å². The Labute approximate surface area is 107 Å². The van der Waals surface area contributed by atoms with Gasteiger partial charge in [-0.3, -0.25) is 4.79 Å². The van der Waals surface area contributed by atoms with Crippen LogP contribution in [0.2, 0.25) is 0 Å². The second kappa shape index (κ2) is 5.69. The average Bonchev–Trinajstić information content (AvgIpc) is 2.76. The minimum absolute atomic E-state index is 0.0341. The molecule has 1 saturated heterocycles. The molecule has 1 N–H and O–H groups in total. The van der Waals surface area contributed by atoms with Crippen molar-refractivity contribution in [2.75, 3.05) is 13.1 Å². The van der Waals surface area contributed by atoms with Gasteiger partial charge >= 0.3 is 5.97 Å². The molecule has 1 aliphatic heterocycles. The Morgan fingerprint density at radius 1 is 1.22 bits per heavy atom. The lowest BCUT2D eigenvalue weighted by atomic mass is 9.85. The quantitative estimate of drug-likeness (QED) is 0.803. The molecule has 0 aromatic heterocycles. The third-order valence-electron chi connectivity index (χ3n) is 3.97. The standard InChI is InChI=1S/C13H21NO4/c1-2-14(8-9-4-3-5-9)12(15)10-6-7-11(18-10)13(16)17/h9-11H,2-8H2,1H3,(H,16,17). The summed E-state index contributed by atoms with van der Waals surface area (Å²) in [5.74, 6) is -0.369. The minimum atomic E-state index is -0.965. The van der Waals surface area contributed by atoms with Gasteiger partial charge in [0.2, 0.25) is 0 Å². The summed E-state index contributed by atoms with van der Waals surface area (Å²) in [6.45, 7) is 3.43. The van der Waals surface area contributed by atoms with Gasteiger partial charge in [-0.1, -0.05) is 6.42 Å². The van der Waals surface area contributed by atoms with Gasteiger partial charge in [0.05, 0.1) is 0 Å². The van der Waals surface area contributed by atoms with Gasteiger partial charge in [-0.2, -0.15) is 0 Å². The number of carboxylic acid groups (broad SMARTS) is 1. The molecular weight excluding hydrogens is 234 g/mol. The maximum Gasteiger partial charge on any atom is 0.332 e. The smallest absolute Gasteiger partial charge is 0.332 e. The number of ether oxygens (including phenoxy) is 1. The van der Waals surface area contributed by atoms with Crippen LogP contribution in [0.3, 0.4) is 0 Å². The highest BCUT2D eigenvalue weighted by molar-refractivity contribution is 5.82. The fourth-order valence-corrected chi connectivity index (χ4v) is 2.57. The number of carboxylic acids is 1. The van der Waals surface area contributed by atoms with Gasteiger partial charge in [0.25, 0.3) is 5.91 Å². The molecule has 0 aromatic carbocycles. The number of aliphatic carboxylic acids is 1. The van der Waals surface area contributed by atoms with E-state index in [-0.39, 0.29) is 5.91 Å². The van der Waals surface area contributed by atoms with E-state index >= 15 is 0 Å². The highest BCUT2D eigenvalue weighted by atomic mass is 16.5. The maximum atomic E-state index is 12.2. The van der Waals surface area contributed by atoms with E-state index in [0.29, 0.717) is 25.3 Å². The van der Waals surface area contributed by atoms with E-state index in [0.717, 1.165) is 6.54 Å². The van der Waals surface area contributed by atoms with Gasteiger partial charge in [0, 0.05) is 13.1 Å². The van der Waals surface area contributed by atoms with E-state index < -0.39 is 18.2 Å². The van der Waals surface area contributed by atoms with Crippen LogP contribution in [0.15, 0.2) is 0 Å². The molecule has 0 bridgehead atoms. The van der Waals surface area contributed by atoms with Gasteiger partial charge in [-0.25, -0.2) is 4.79 Å². The molecule has 2 aliphatic rings. The fraction of sp³-hybridized carbons (Fsp3) is 0.846. The SMILES string of the molecule is CCN(CC1CCC1)C(=O)C1CCC(C(=O)O)O1. The van der Waals surface area contributed by atoms with Gasteiger partial charge < -0.3 is 14.7 Å². The zero-order valence-electron chi connectivity index (χ0n) is 10.8. The van der Waals surface area contributed by atoms with E-state index in [9.17, 15) is 9.59 Å². The van der Waals surface area contributed by atoms with Crippen molar-refractivity contribution in [2.45, 2.75) is 51.2 Å². The number of hydrogen-bond donors (Lipinski definition) is 1. The number of nitrogens with zero attached hydrogens (tertiary/aromatic N) is 1. The second-order valence-corrected chi connectivity index (χ2v) is 5.20. The Balaban J connectivity index is 1.86. The van der Waals surface area contributed by atoms with E-state index in [2.05, 4.69) is 0 Å². The van der Waals surface area contributed by atoms with Gasteiger partial charge in [-0.15, -0.1) is 0 Å². The third kappa shape index (κ3) is 2.83. The van der Waals surface area contributed by atoms with E-state index in [1.54, 1.807) is 0 Å². The summed E-state index contributed by atoms with van der Waals surface area (Å²) in [5.41, 5.74) is 0. The lowest BCUT2D eigenvalue weighted by molar-refractivity contribution is -0.155. The fourth-order valence-electron chi connectivity index (χ4n) is 2.57. The van der Waals surface area contributed by atoms with Crippen LogP contribution < -0.4 is 0 Å². The number of hydrogen-bond acceptors (Lipinski definition) is 3. The van der Waals surface area contributed by atoms with Gasteiger partial charge in [-0.05, 0) is 38.5 Å². The van der Waals surface area contributed by atoms with Crippen molar-refractivity contribution >= 4 is 11.9 Å². The first kappa shape index (κ1) is 13.3. The van der Waals surface area contributed by atoms with Crippen LogP contribution in [0, 0.1) is 5.92 Å². The predicted octanol–water partition coefficient (Wildman–Crippen LogP) is 1.27. The molecule has 1 heterocycles. The molecule has 0 aromatic rings. The molecule has 1 amide bonds. The summed E-state index contributed by atoms with van der Waals surface area (Å²) >= 11 is 0. The van der Waals surface area contributed by atoms with Crippen molar-refractivity contribution in [2.24, 2.45) is 5.92 Å². The van der Waals surface area contributed by atoms with Crippen molar-refractivity contribution in [3.8, 4) is 0 Å².